The molecule has 0 aliphatic rings. The van der Waals surface area contributed by atoms with Gasteiger partial charge in [0, 0.05) is 14.9 Å². The number of hydrogen-bond donors (Lipinski definition) is 0. The van der Waals surface area contributed by atoms with Gasteiger partial charge >= 0.3 is 0 Å². The van der Waals surface area contributed by atoms with E-state index in [0.717, 1.165) is 30.9 Å². The summed E-state index contributed by atoms with van der Waals surface area (Å²) in [6, 6.07) is 16.6. The van der Waals surface area contributed by atoms with Gasteiger partial charge in [0.15, 0.2) is 0 Å². The summed E-state index contributed by atoms with van der Waals surface area (Å²) in [6.07, 6.45) is 1.67. The Hall–Kier alpha value is -2.24. The normalized spacial score (nSPS) is 11.9. The molecule has 0 unspecified atom stereocenters. The van der Waals surface area contributed by atoms with Crippen LogP contribution in [0.4, 0.5) is 0 Å². The minimum atomic E-state index is 0.0113. The molecule has 2 heterocycles. The van der Waals surface area contributed by atoms with Crippen molar-refractivity contribution in [3.05, 3.63) is 85.7 Å². The first-order valence-electron chi connectivity index (χ1n) is 9.58. The number of benzene rings is 2. The van der Waals surface area contributed by atoms with E-state index in [4.69, 9.17) is 0 Å². The average molecular weight is 467 g/mol. The molecule has 0 spiro atoms. The Morgan fingerprint density at radius 2 is 1.69 bits per heavy atom. The SMILES string of the molecule is Cc1sc2ncn(Cc3ccc(C(C)(C)C)cc3)c(=O)c2c1-c1ccc(Br)cc1. The number of aryl methyl sites for hydroxylation is 1. The summed E-state index contributed by atoms with van der Waals surface area (Å²) in [4.78, 5) is 19.9. The van der Waals surface area contributed by atoms with Gasteiger partial charge in [-0.2, -0.15) is 0 Å². The predicted molar refractivity (Wildman–Crippen MR) is 126 cm³/mol. The second-order valence-electron chi connectivity index (χ2n) is 8.34. The third kappa shape index (κ3) is 3.94. The van der Waals surface area contributed by atoms with Crippen LogP contribution in [0.5, 0.6) is 0 Å². The van der Waals surface area contributed by atoms with Gasteiger partial charge in [0.1, 0.15) is 4.83 Å². The van der Waals surface area contributed by atoms with Crippen LogP contribution in [0.3, 0.4) is 0 Å². The second-order valence-corrected chi connectivity index (χ2v) is 10.5. The molecule has 0 radical (unpaired) electrons. The van der Waals surface area contributed by atoms with E-state index in [9.17, 15) is 4.79 Å². The number of halogens is 1. The van der Waals surface area contributed by atoms with E-state index < -0.39 is 0 Å². The molecular formula is C24H23BrN2OS. The summed E-state index contributed by atoms with van der Waals surface area (Å²) >= 11 is 5.06. The molecule has 0 aliphatic carbocycles. The van der Waals surface area contributed by atoms with Crippen LogP contribution < -0.4 is 5.56 Å². The lowest BCUT2D eigenvalue weighted by molar-refractivity contribution is 0.589. The number of rotatable bonds is 3. The molecule has 0 saturated heterocycles. The van der Waals surface area contributed by atoms with E-state index in [1.54, 1.807) is 22.2 Å². The van der Waals surface area contributed by atoms with Crippen LogP contribution in [0.25, 0.3) is 21.3 Å². The molecule has 0 amide bonds. The molecule has 0 atom stereocenters. The van der Waals surface area contributed by atoms with Crippen molar-refractivity contribution in [2.75, 3.05) is 0 Å². The van der Waals surface area contributed by atoms with Crippen LogP contribution in [0.15, 0.2) is 64.1 Å². The largest absolute Gasteiger partial charge is 0.294 e. The minimum absolute atomic E-state index is 0.0113. The summed E-state index contributed by atoms with van der Waals surface area (Å²) in [7, 11) is 0. The molecule has 0 bridgehead atoms. The van der Waals surface area contributed by atoms with Crippen molar-refractivity contribution < 1.29 is 0 Å². The fraction of sp³-hybridized carbons (Fsp3) is 0.250. The summed E-state index contributed by atoms with van der Waals surface area (Å²) in [5.41, 5.74) is 4.54. The van der Waals surface area contributed by atoms with Crippen molar-refractivity contribution in [1.29, 1.82) is 0 Å². The molecule has 0 saturated carbocycles. The van der Waals surface area contributed by atoms with Crippen molar-refractivity contribution in [3.63, 3.8) is 0 Å². The van der Waals surface area contributed by atoms with Gasteiger partial charge in [-0.15, -0.1) is 11.3 Å². The summed E-state index contributed by atoms with van der Waals surface area (Å²) in [5.74, 6) is 0. The average Bonchev–Trinajstić information content (AvgIpc) is 3.01. The smallest absolute Gasteiger partial charge is 0.263 e. The van der Waals surface area contributed by atoms with Gasteiger partial charge < -0.3 is 0 Å². The molecule has 4 rings (SSSR count). The number of aromatic nitrogens is 2. The molecule has 4 aromatic rings. The number of fused-ring (bicyclic) bond motifs is 1. The first-order valence-corrected chi connectivity index (χ1v) is 11.2. The van der Waals surface area contributed by atoms with E-state index in [0.29, 0.717) is 11.9 Å². The van der Waals surface area contributed by atoms with Crippen LogP contribution in [0.1, 0.15) is 36.8 Å². The van der Waals surface area contributed by atoms with Crippen LogP contribution in [-0.4, -0.2) is 9.55 Å². The molecule has 29 heavy (non-hydrogen) atoms. The molecular weight excluding hydrogens is 444 g/mol. The summed E-state index contributed by atoms with van der Waals surface area (Å²) in [6.45, 7) is 9.17. The Kier molecular flexibility index (Phi) is 5.21. The van der Waals surface area contributed by atoms with Gasteiger partial charge in [-0.3, -0.25) is 9.36 Å². The first-order chi connectivity index (χ1) is 13.7. The second kappa shape index (κ2) is 7.54. The van der Waals surface area contributed by atoms with E-state index in [1.807, 2.05) is 24.3 Å². The van der Waals surface area contributed by atoms with Crippen LogP contribution in [-0.2, 0) is 12.0 Å². The highest BCUT2D eigenvalue weighted by atomic mass is 79.9. The zero-order chi connectivity index (χ0) is 20.8. The fourth-order valence-corrected chi connectivity index (χ4v) is 4.79. The molecule has 0 N–H and O–H groups in total. The number of nitrogens with zero attached hydrogens (tertiary/aromatic N) is 2. The van der Waals surface area contributed by atoms with Crippen molar-refractivity contribution in [3.8, 4) is 11.1 Å². The molecule has 5 heteroatoms. The highest BCUT2D eigenvalue weighted by molar-refractivity contribution is 9.10. The topological polar surface area (TPSA) is 34.9 Å². The lowest BCUT2D eigenvalue weighted by Gasteiger charge is -2.19. The van der Waals surface area contributed by atoms with Crippen LogP contribution in [0.2, 0.25) is 0 Å². The molecule has 0 aliphatic heterocycles. The fourth-order valence-electron chi connectivity index (χ4n) is 3.52. The maximum Gasteiger partial charge on any atom is 0.263 e. The van der Waals surface area contributed by atoms with Gasteiger partial charge in [0.05, 0.1) is 18.3 Å². The lowest BCUT2D eigenvalue weighted by Crippen LogP contribution is -2.21. The van der Waals surface area contributed by atoms with Gasteiger partial charge in [-0.1, -0.05) is 73.1 Å². The van der Waals surface area contributed by atoms with Crippen LogP contribution in [0, 0.1) is 6.92 Å². The minimum Gasteiger partial charge on any atom is -0.294 e. The van der Waals surface area contributed by atoms with E-state index in [2.05, 4.69) is 72.9 Å². The predicted octanol–water partition coefficient (Wildman–Crippen LogP) is 6.54. The highest BCUT2D eigenvalue weighted by Gasteiger charge is 2.17. The maximum atomic E-state index is 13.4. The van der Waals surface area contributed by atoms with Gasteiger partial charge in [0.25, 0.3) is 5.56 Å². The number of hydrogen-bond acceptors (Lipinski definition) is 3. The Morgan fingerprint density at radius 3 is 2.31 bits per heavy atom. The zero-order valence-electron chi connectivity index (χ0n) is 17.0. The van der Waals surface area contributed by atoms with Gasteiger partial charge in [-0.05, 0) is 41.2 Å². The number of thiophene rings is 1. The van der Waals surface area contributed by atoms with E-state index >= 15 is 0 Å². The van der Waals surface area contributed by atoms with Gasteiger partial charge in [-0.25, -0.2) is 4.98 Å². The third-order valence-electron chi connectivity index (χ3n) is 5.16. The molecule has 2 aromatic carbocycles. The van der Waals surface area contributed by atoms with Crippen LogP contribution >= 0.6 is 27.3 Å². The molecule has 3 nitrogen and oxygen atoms in total. The first kappa shape index (κ1) is 20.0. The Labute approximate surface area is 183 Å². The molecule has 2 aromatic heterocycles. The van der Waals surface area contributed by atoms with Crippen molar-refractivity contribution in [2.45, 2.75) is 39.7 Å². The summed E-state index contributed by atoms with van der Waals surface area (Å²) < 4.78 is 2.73. The summed E-state index contributed by atoms with van der Waals surface area (Å²) in [5, 5.41) is 0.712. The Bertz CT molecular complexity index is 1230. The standard InChI is InChI=1S/C24H23BrN2OS/c1-15-20(17-7-11-19(25)12-8-17)21-22(29-15)26-14-27(23(21)28)13-16-5-9-18(10-6-16)24(2,3)4/h5-12,14H,13H2,1-4H3. The molecule has 0 fully saturated rings. The molecule has 148 valence electrons. The zero-order valence-corrected chi connectivity index (χ0v) is 19.4. The monoisotopic (exact) mass is 466 g/mol. The van der Waals surface area contributed by atoms with Gasteiger partial charge in [0.2, 0.25) is 0 Å². The van der Waals surface area contributed by atoms with Crippen molar-refractivity contribution in [1.82, 2.24) is 9.55 Å². The maximum absolute atomic E-state index is 13.4. The van der Waals surface area contributed by atoms with E-state index in [-0.39, 0.29) is 11.0 Å². The quantitative estimate of drug-likeness (QED) is 0.343. The van der Waals surface area contributed by atoms with Crippen molar-refractivity contribution in [2.24, 2.45) is 0 Å². The highest BCUT2D eigenvalue weighted by Crippen LogP contribution is 2.35. The Morgan fingerprint density at radius 1 is 1.03 bits per heavy atom. The third-order valence-corrected chi connectivity index (χ3v) is 6.70. The lowest BCUT2D eigenvalue weighted by atomic mass is 9.87. The van der Waals surface area contributed by atoms with E-state index in [1.165, 1.54) is 5.56 Å². The Balaban J connectivity index is 1.77. The van der Waals surface area contributed by atoms with Crippen molar-refractivity contribution >= 4 is 37.5 Å².